The molecule has 0 aliphatic heterocycles. The molecule has 9 aromatic rings. The van der Waals surface area contributed by atoms with Crippen LogP contribution in [0.5, 0.6) is 0 Å². The van der Waals surface area contributed by atoms with E-state index in [1.807, 2.05) is 30.5 Å². The van der Waals surface area contributed by atoms with E-state index in [1.165, 1.54) is 43.4 Å². The molecule has 46 heavy (non-hydrogen) atoms. The van der Waals surface area contributed by atoms with Gasteiger partial charge in [0.25, 0.3) is 0 Å². The number of pyridine rings is 1. The largest absolute Gasteiger partial charge is 0.264 e. The highest BCUT2D eigenvalue weighted by Crippen LogP contribution is 2.40. The summed E-state index contributed by atoms with van der Waals surface area (Å²) in [5.74, 6) is 0.704. The van der Waals surface area contributed by atoms with Crippen molar-refractivity contribution in [1.29, 1.82) is 0 Å². The highest BCUT2D eigenvalue weighted by molar-refractivity contribution is 6.25. The molecule has 0 unspecified atom stereocenters. The van der Waals surface area contributed by atoms with Crippen molar-refractivity contribution in [3.63, 3.8) is 0 Å². The van der Waals surface area contributed by atoms with E-state index in [1.54, 1.807) is 6.20 Å². The SMILES string of the molecule is c1ccc(-c2nc(-c3ccc(-c4ccc5ccc6cccc7ccc4c5c67)cc3)cc(-c3cccc(-c4cccnc4)c3)n2)cc1. The molecule has 0 spiro atoms. The van der Waals surface area contributed by atoms with Crippen molar-refractivity contribution in [2.24, 2.45) is 0 Å². The summed E-state index contributed by atoms with van der Waals surface area (Å²) in [5, 5.41) is 7.78. The molecular formula is C43H27N3. The molecule has 214 valence electrons. The lowest BCUT2D eigenvalue weighted by molar-refractivity contribution is 1.18. The zero-order chi connectivity index (χ0) is 30.5. The predicted molar refractivity (Wildman–Crippen MR) is 191 cm³/mol. The Kier molecular flexibility index (Phi) is 6.14. The van der Waals surface area contributed by atoms with Crippen LogP contribution < -0.4 is 0 Å². The molecule has 9 rings (SSSR count). The van der Waals surface area contributed by atoms with E-state index in [4.69, 9.17) is 9.97 Å². The summed E-state index contributed by atoms with van der Waals surface area (Å²) < 4.78 is 0. The summed E-state index contributed by atoms with van der Waals surface area (Å²) in [4.78, 5) is 14.4. The van der Waals surface area contributed by atoms with Crippen molar-refractivity contribution in [1.82, 2.24) is 15.0 Å². The van der Waals surface area contributed by atoms with E-state index in [2.05, 4.69) is 132 Å². The van der Waals surface area contributed by atoms with Gasteiger partial charge in [0, 0.05) is 34.6 Å². The number of hydrogen-bond donors (Lipinski definition) is 0. The fourth-order valence-corrected chi connectivity index (χ4v) is 6.66. The normalized spacial score (nSPS) is 11.5. The molecule has 0 radical (unpaired) electrons. The molecule has 3 nitrogen and oxygen atoms in total. The summed E-state index contributed by atoms with van der Waals surface area (Å²) in [6.07, 6.45) is 3.69. The second-order valence-corrected chi connectivity index (χ2v) is 11.7. The summed E-state index contributed by atoms with van der Waals surface area (Å²) >= 11 is 0. The fourth-order valence-electron chi connectivity index (χ4n) is 6.66. The molecule has 3 heteroatoms. The number of aromatic nitrogens is 3. The lowest BCUT2D eigenvalue weighted by Crippen LogP contribution is -1.96. The Morgan fingerprint density at radius 1 is 0.370 bits per heavy atom. The fraction of sp³-hybridized carbons (Fsp3) is 0. The molecule has 0 saturated heterocycles. The van der Waals surface area contributed by atoms with Crippen molar-refractivity contribution in [2.75, 3.05) is 0 Å². The first-order valence-electron chi connectivity index (χ1n) is 15.5. The molecule has 0 aliphatic rings. The molecule has 0 atom stereocenters. The summed E-state index contributed by atoms with van der Waals surface area (Å²) in [6, 6.07) is 53.6. The molecule has 0 N–H and O–H groups in total. The van der Waals surface area contributed by atoms with Crippen LogP contribution in [0.2, 0.25) is 0 Å². The third-order valence-electron chi connectivity index (χ3n) is 8.93. The van der Waals surface area contributed by atoms with Gasteiger partial charge in [-0.05, 0) is 67.2 Å². The van der Waals surface area contributed by atoms with Gasteiger partial charge in [-0.25, -0.2) is 9.97 Å². The summed E-state index contributed by atoms with van der Waals surface area (Å²) in [7, 11) is 0. The topological polar surface area (TPSA) is 38.7 Å². The maximum atomic E-state index is 5.07. The summed E-state index contributed by atoms with van der Waals surface area (Å²) in [6.45, 7) is 0. The third-order valence-corrected chi connectivity index (χ3v) is 8.93. The Bertz CT molecular complexity index is 2490. The van der Waals surface area contributed by atoms with Gasteiger partial charge in [-0.2, -0.15) is 0 Å². The van der Waals surface area contributed by atoms with E-state index < -0.39 is 0 Å². The van der Waals surface area contributed by atoms with Gasteiger partial charge >= 0.3 is 0 Å². The Labute approximate surface area is 266 Å². The smallest absolute Gasteiger partial charge is 0.160 e. The number of benzene rings is 7. The van der Waals surface area contributed by atoms with Crippen LogP contribution in [0.4, 0.5) is 0 Å². The quantitative estimate of drug-likeness (QED) is 0.189. The van der Waals surface area contributed by atoms with Gasteiger partial charge in [-0.1, -0.05) is 133 Å². The predicted octanol–water partition coefficient (Wildman–Crippen LogP) is 11.1. The van der Waals surface area contributed by atoms with Crippen LogP contribution in [0, 0.1) is 0 Å². The lowest BCUT2D eigenvalue weighted by atomic mass is 9.89. The van der Waals surface area contributed by atoms with Crippen LogP contribution >= 0.6 is 0 Å². The Balaban J connectivity index is 1.15. The second-order valence-electron chi connectivity index (χ2n) is 11.7. The van der Waals surface area contributed by atoms with Crippen LogP contribution in [-0.2, 0) is 0 Å². The number of hydrogen-bond acceptors (Lipinski definition) is 3. The van der Waals surface area contributed by atoms with E-state index in [9.17, 15) is 0 Å². The lowest BCUT2D eigenvalue weighted by Gasteiger charge is -2.14. The third kappa shape index (κ3) is 4.49. The van der Waals surface area contributed by atoms with Gasteiger partial charge in [-0.3, -0.25) is 4.98 Å². The van der Waals surface area contributed by atoms with Gasteiger partial charge < -0.3 is 0 Å². The first-order chi connectivity index (χ1) is 22.8. The van der Waals surface area contributed by atoms with Crippen LogP contribution in [0.15, 0.2) is 164 Å². The van der Waals surface area contributed by atoms with Gasteiger partial charge in [0.15, 0.2) is 5.82 Å². The average molecular weight is 586 g/mol. The van der Waals surface area contributed by atoms with Gasteiger partial charge in [-0.15, -0.1) is 0 Å². The highest BCUT2D eigenvalue weighted by Gasteiger charge is 2.14. The molecule has 0 aliphatic carbocycles. The van der Waals surface area contributed by atoms with Crippen molar-refractivity contribution in [3.05, 3.63) is 164 Å². The van der Waals surface area contributed by atoms with Gasteiger partial charge in [0.1, 0.15) is 0 Å². The zero-order valence-corrected chi connectivity index (χ0v) is 24.9. The molecular weight excluding hydrogens is 558 g/mol. The number of nitrogens with zero attached hydrogens (tertiary/aromatic N) is 3. The van der Waals surface area contributed by atoms with Crippen molar-refractivity contribution in [3.8, 4) is 56.2 Å². The van der Waals surface area contributed by atoms with Gasteiger partial charge in [0.05, 0.1) is 11.4 Å². The molecule has 2 heterocycles. The van der Waals surface area contributed by atoms with Gasteiger partial charge in [0.2, 0.25) is 0 Å². The molecule has 0 amide bonds. The van der Waals surface area contributed by atoms with Crippen molar-refractivity contribution < 1.29 is 0 Å². The van der Waals surface area contributed by atoms with Crippen LogP contribution in [0.3, 0.4) is 0 Å². The number of rotatable bonds is 5. The average Bonchev–Trinajstić information content (AvgIpc) is 3.14. The Morgan fingerprint density at radius 2 is 1.00 bits per heavy atom. The maximum Gasteiger partial charge on any atom is 0.160 e. The highest BCUT2D eigenvalue weighted by atomic mass is 14.9. The van der Waals surface area contributed by atoms with E-state index >= 15 is 0 Å². The summed E-state index contributed by atoms with van der Waals surface area (Å²) in [5.41, 5.74) is 9.43. The van der Waals surface area contributed by atoms with E-state index in [-0.39, 0.29) is 0 Å². The van der Waals surface area contributed by atoms with E-state index in [0.29, 0.717) is 5.82 Å². The molecule has 0 saturated carbocycles. The minimum absolute atomic E-state index is 0.704. The second kappa shape index (κ2) is 10.8. The molecule has 0 bridgehead atoms. The molecule has 2 aromatic heterocycles. The molecule has 0 fully saturated rings. The Hall–Kier alpha value is -6.19. The monoisotopic (exact) mass is 585 g/mol. The first-order valence-corrected chi connectivity index (χ1v) is 15.5. The van der Waals surface area contributed by atoms with Crippen molar-refractivity contribution >= 4 is 32.3 Å². The molecule has 7 aromatic carbocycles. The van der Waals surface area contributed by atoms with Crippen LogP contribution in [0.25, 0.3) is 88.5 Å². The van der Waals surface area contributed by atoms with Crippen molar-refractivity contribution in [2.45, 2.75) is 0 Å². The minimum atomic E-state index is 0.704. The van der Waals surface area contributed by atoms with Crippen LogP contribution in [0.1, 0.15) is 0 Å². The first kappa shape index (κ1) is 26.2. The van der Waals surface area contributed by atoms with E-state index in [0.717, 1.165) is 39.2 Å². The minimum Gasteiger partial charge on any atom is -0.264 e. The Morgan fingerprint density at radius 3 is 1.78 bits per heavy atom. The zero-order valence-electron chi connectivity index (χ0n) is 24.9. The van der Waals surface area contributed by atoms with Crippen LogP contribution in [-0.4, -0.2) is 15.0 Å². The maximum absolute atomic E-state index is 5.07. The standard InChI is InChI=1S/C43H27N3/c1-2-7-33(8-3-1)43-45-39(26-40(46-43)35-12-5-11-34(25-35)36-13-6-24-44-27-36)29-16-14-28(15-17-29)37-22-20-32-19-18-30-9-4-10-31-21-23-38(37)42(32)41(30)31/h1-27H.